The molecule has 4 nitrogen and oxygen atoms in total. The Bertz CT molecular complexity index is 1190. The smallest absolute Gasteiger partial charge is 0.329 e. The third kappa shape index (κ3) is 3.99. The molecule has 190 valence electrons. The number of para-hydroxylation sites is 1. The Morgan fingerprint density at radius 3 is 2.44 bits per heavy atom. The van der Waals surface area contributed by atoms with Crippen molar-refractivity contribution in [2.45, 2.75) is 84.2 Å². The number of benzene rings is 2. The predicted molar refractivity (Wildman–Crippen MR) is 141 cm³/mol. The van der Waals surface area contributed by atoms with Gasteiger partial charge in [-0.3, -0.25) is 9.59 Å². The standard InChI is InChI=1S/C32H38O4/c1-20-15-16-25(31(4,5)23-11-7-6-8-12-23)28(17-20)36-30(34)32-19-22(3)21(2)18-26(32)24-13-9-10-14-27(24)35-29(32)33/h6-14,20,25-26,28H,15-19H2,1-5H3/t20-,25-,26-,28-,32+/m1/s1. The van der Waals surface area contributed by atoms with E-state index in [-0.39, 0.29) is 23.4 Å². The van der Waals surface area contributed by atoms with Gasteiger partial charge in [-0.2, -0.15) is 0 Å². The summed E-state index contributed by atoms with van der Waals surface area (Å²) in [6, 6.07) is 18.1. The lowest BCUT2D eigenvalue weighted by Crippen LogP contribution is -2.54. The molecular weight excluding hydrogens is 448 g/mol. The van der Waals surface area contributed by atoms with E-state index in [0.717, 1.165) is 30.4 Å². The van der Waals surface area contributed by atoms with E-state index in [2.05, 4.69) is 52.0 Å². The minimum Gasteiger partial charge on any atom is -0.461 e. The van der Waals surface area contributed by atoms with Crippen LogP contribution in [0.1, 0.15) is 83.8 Å². The normalized spacial score (nSPS) is 30.2. The van der Waals surface area contributed by atoms with Gasteiger partial charge in [0.1, 0.15) is 11.9 Å². The van der Waals surface area contributed by atoms with Gasteiger partial charge in [0.2, 0.25) is 0 Å². The molecule has 1 fully saturated rings. The van der Waals surface area contributed by atoms with Crippen LogP contribution in [0.4, 0.5) is 0 Å². The van der Waals surface area contributed by atoms with Crippen molar-refractivity contribution in [1.29, 1.82) is 0 Å². The van der Waals surface area contributed by atoms with Crippen molar-refractivity contribution in [3.8, 4) is 5.75 Å². The van der Waals surface area contributed by atoms with Crippen molar-refractivity contribution in [2.24, 2.45) is 17.3 Å². The van der Waals surface area contributed by atoms with Gasteiger partial charge in [0.15, 0.2) is 5.41 Å². The van der Waals surface area contributed by atoms with Crippen molar-refractivity contribution < 1.29 is 19.1 Å². The topological polar surface area (TPSA) is 52.6 Å². The van der Waals surface area contributed by atoms with E-state index < -0.39 is 17.4 Å². The first-order valence-corrected chi connectivity index (χ1v) is 13.4. The monoisotopic (exact) mass is 486 g/mol. The Labute approximate surface area is 215 Å². The van der Waals surface area contributed by atoms with Crippen molar-refractivity contribution in [3.05, 3.63) is 76.9 Å². The summed E-state index contributed by atoms with van der Waals surface area (Å²) < 4.78 is 12.3. The second-order valence-electron chi connectivity index (χ2n) is 11.9. The van der Waals surface area contributed by atoms with Gasteiger partial charge in [-0.15, -0.1) is 0 Å². The fourth-order valence-corrected chi connectivity index (χ4v) is 6.90. The van der Waals surface area contributed by atoms with E-state index in [1.807, 2.05) is 37.3 Å². The number of rotatable bonds is 4. The highest BCUT2D eigenvalue weighted by molar-refractivity contribution is 6.04. The highest BCUT2D eigenvalue weighted by Crippen LogP contribution is 2.56. The van der Waals surface area contributed by atoms with Gasteiger partial charge in [0.05, 0.1) is 0 Å². The summed E-state index contributed by atoms with van der Waals surface area (Å²) in [7, 11) is 0. The molecule has 0 amide bonds. The SMILES string of the molecule is CC1=C(C)C[C@@]2(C(=O)O[C@@H]3C[C@H](C)CC[C@H]3C(C)(C)c3ccccc3)C(=O)Oc3ccccc3[C@H]2C1. The van der Waals surface area contributed by atoms with Crippen LogP contribution in [-0.4, -0.2) is 18.0 Å². The molecule has 0 saturated heterocycles. The number of allylic oxidation sites excluding steroid dienone is 2. The zero-order valence-corrected chi connectivity index (χ0v) is 22.2. The molecule has 36 heavy (non-hydrogen) atoms. The fraction of sp³-hybridized carbons (Fsp3) is 0.500. The first-order valence-electron chi connectivity index (χ1n) is 13.4. The van der Waals surface area contributed by atoms with Crippen LogP contribution >= 0.6 is 0 Å². The van der Waals surface area contributed by atoms with Crippen LogP contribution in [0.3, 0.4) is 0 Å². The molecule has 0 aromatic heterocycles. The number of ether oxygens (including phenoxy) is 2. The Morgan fingerprint density at radius 2 is 1.69 bits per heavy atom. The van der Waals surface area contributed by atoms with Crippen LogP contribution < -0.4 is 4.74 Å². The quantitative estimate of drug-likeness (QED) is 0.200. The maximum absolute atomic E-state index is 14.3. The van der Waals surface area contributed by atoms with E-state index in [9.17, 15) is 9.59 Å². The highest BCUT2D eigenvalue weighted by Gasteiger charge is 2.61. The summed E-state index contributed by atoms with van der Waals surface area (Å²) >= 11 is 0. The molecule has 0 spiro atoms. The number of esters is 2. The zero-order chi connectivity index (χ0) is 25.7. The Morgan fingerprint density at radius 1 is 1.00 bits per heavy atom. The second kappa shape index (κ2) is 9.21. The minimum absolute atomic E-state index is 0.165. The summed E-state index contributed by atoms with van der Waals surface area (Å²) in [5, 5.41) is 0. The van der Waals surface area contributed by atoms with E-state index in [1.54, 1.807) is 0 Å². The second-order valence-corrected chi connectivity index (χ2v) is 11.9. The molecule has 2 aromatic carbocycles. The Hall–Kier alpha value is -2.88. The lowest BCUT2D eigenvalue weighted by atomic mass is 9.61. The van der Waals surface area contributed by atoms with E-state index in [0.29, 0.717) is 24.5 Å². The molecule has 1 heterocycles. The molecule has 1 saturated carbocycles. The number of carbonyl (C=O) groups is 2. The van der Waals surface area contributed by atoms with Gasteiger partial charge in [-0.1, -0.05) is 86.9 Å². The maximum Gasteiger partial charge on any atom is 0.329 e. The van der Waals surface area contributed by atoms with Crippen LogP contribution in [0.5, 0.6) is 5.75 Å². The molecule has 5 atom stereocenters. The molecule has 0 unspecified atom stereocenters. The molecule has 0 radical (unpaired) electrons. The molecule has 2 aromatic rings. The fourth-order valence-electron chi connectivity index (χ4n) is 6.90. The molecule has 0 N–H and O–H groups in total. The van der Waals surface area contributed by atoms with Crippen LogP contribution in [0.2, 0.25) is 0 Å². The van der Waals surface area contributed by atoms with Crippen molar-refractivity contribution >= 4 is 11.9 Å². The summed E-state index contributed by atoms with van der Waals surface area (Å²) in [6.07, 6.45) is 3.68. The van der Waals surface area contributed by atoms with Crippen LogP contribution in [0.25, 0.3) is 0 Å². The van der Waals surface area contributed by atoms with Crippen LogP contribution in [-0.2, 0) is 19.7 Å². The van der Waals surface area contributed by atoms with Crippen molar-refractivity contribution in [2.75, 3.05) is 0 Å². The van der Waals surface area contributed by atoms with Gasteiger partial charge < -0.3 is 9.47 Å². The Kier molecular flexibility index (Phi) is 6.34. The van der Waals surface area contributed by atoms with Crippen molar-refractivity contribution in [1.82, 2.24) is 0 Å². The molecule has 0 bridgehead atoms. The number of fused-ring (bicyclic) bond motifs is 3. The van der Waals surface area contributed by atoms with Gasteiger partial charge >= 0.3 is 11.9 Å². The summed E-state index contributed by atoms with van der Waals surface area (Å²) in [5.41, 5.74) is 3.00. The molecule has 4 heteroatoms. The average molecular weight is 487 g/mol. The lowest BCUT2D eigenvalue weighted by Gasteiger charge is -2.47. The minimum atomic E-state index is -1.33. The molecule has 1 aliphatic heterocycles. The average Bonchev–Trinajstić information content (AvgIpc) is 2.86. The zero-order valence-electron chi connectivity index (χ0n) is 22.2. The van der Waals surface area contributed by atoms with Gasteiger partial charge in [-0.05, 0) is 62.5 Å². The molecule has 5 rings (SSSR count). The van der Waals surface area contributed by atoms with Gasteiger partial charge in [0.25, 0.3) is 0 Å². The largest absolute Gasteiger partial charge is 0.461 e. The maximum atomic E-state index is 14.3. The van der Waals surface area contributed by atoms with Crippen molar-refractivity contribution in [3.63, 3.8) is 0 Å². The lowest BCUT2D eigenvalue weighted by molar-refractivity contribution is -0.180. The first kappa shape index (κ1) is 24.8. The summed E-state index contributed by atoms with van der Waals surface area (Å²) in [5.74, 6) is 0.0555. The molecular formula is C32H38O4. The van der Waals surface area contributed by atoms with E-state index >= 15 is 0 Å². The number of hydrogen-bond acceptors (Lipinski definition) is 4. The first-order chi connectivity index (χ1) is 17.1. The third-order valence-electron chi connectivity index (χ3n) is 9.36. The number of hydrogen-bond donors (Lipinski definition) is 0. The third-order valence-corrected chi connectivity index (χ3v) is 9.36. The molecule has 3 aliphatic rings. The van der Waals surface area contributed by atoms with Crippen LogP contribution in [0, 0.1) is 17.3 Å². The Balaban J connectivity index is 1.52. The van der Waals surface area contributed by atoms with Gasteiger partial charge in [0, 0.05) is 17.4 Å². The van der Waals surface area contributed by atoms with E-state index in [1.165, 1.54) is 11.1 Å². The summed E-state index contributed by atoms with van der Waals surface area (Å²) in [4.78, 5) is 27.9. The number of carbonyl (C=O) groups excluding carboxylic acids is 2. The predicted octanol–water partition coefficient (Wildman–Crippen LogP) is 7.13. The highest BCUT2D eigenvalue weighted by atomic mass is 16.6. The molecule has 2 aliphatic carbocycles. The van der Waals surface area contributed by atoms with E-state index in [4.69, 9.17) is 9.47 Å². The van der Waals surface area contributed by atoms with Crippen LogP contribution in [0.15, 0.2) is 65.7 Å². The van der Waals surface area contributed by atoms with Gasteiger partial charge in [-0.25, -0.2) is 0 Å². The summed E-state index contributed by atoms with van der Waals surface area (Å²) in [6.45, 7) is 10.9.